The topological polar surface area (TPSA) is 46.2 Å². The Morgan fingerprint density at radius 2 is 2.15 bits per heavy atom. The maximum absolute atomic E-state index is 13.3. The van der Waals surface area contributed by atoms with Gasteiger partial charge in [0.15, 0.2) is 11.6 Å². The van der Waals surface area contributed by atoms with E-state index in [-0.39, 0.29) is 11.8 Å². The number of halogens is 1. The van der Waals surface area contributed by atoms with E-state index in [9.17, 15) is 4.39 Å². The van der Waals surface area contributed by atoms with Crippen LogP contribution in [-0.2, 0) is 0 Å². The molecule has 3 heteroatoms. The molecule has 0 heterocycles. The summed E-state index contributed by atoms with van der Waals surface area (Å²) in [4.78, 5) is 0. The molecule has 1 aromatic rings. The van der Waals surface area contributed by atoms with Gasteiger partial charge in [0.05, 0.1) is 0 Å². The Balaban J connectivity index is 2.32. The smallest absolute Gasteiger partial charge is 0.169 e. The molecule has 0 unspecified atom stereocenters. The average molecular weight is 181 g/mol. The summed E-state index contributed by atoms with van der Waals surface area (Å²) in [5, 5.41) is 9.12. The van der Waals surface area contributed by atoms with E-state index in [0.29, 0.717) is 11.5 Å². The lowest BCUT2D eigenvalue weighted by Crippen LogP contribution is -2.13. The Hall–Kier alpha value is -1.09. The van der Waals surface area contributed by atoms with Gasteiger partial charge in [-0.15, -0.1) is 0 Å². The number of aromatic hydroxyl groups is 1. The van der Waals surface area contributed by atoms with Gasteiger partial charge in [-0.25, -0.2) is 4.39 Å². The normalized spacial score (nSPS) is 18.6. The fourth-order valence-electron chi connectivity index (χ4n) is 1.50. The van der Waals surface area contributed by atoms with E-state index in [1.54, 1.807) is 12.1 Å². The summed E-state index contributed by atoms with van der Waals surface area (Å²) in [6.45, 7) is 0. The highest BCUT2D eigenvalue weighted by molar-refractivity contribution is 5.32. The zero-order valence-corrected chi connectivity index (χ0v) is 7.20. The first-order valence-corrected chi connectivity index (χ1v) is 4.43. The van der Waals surface area contributed by atoms with Crippen molar-refractivity contribution >= 4 is 0 Å². The third kappa shape index (κ3) is 1.52. The predicted octanol–water partition coefficient (Wildman–Crippen LogP) is 1.94. The summed E-state index contributed by atoms with van der Waals surface area (Å²) >= 11 is 0. The third-order valence-corrected chi connectivity index (χ3v) is 2.50. The van der Waals surface area contributed by atoms with Crippen LogP contribution < -0.4 is 5.73 Å². The van der Waals surface area contributed by atoms with Crippen molar-refractivity contribution in [3.8, 4) is 5.75 Å². The maximum Gasteiger partial charge on any atom is 0.169 e. The molecule has 0 saturated heterocycles. The van der Waals surface area contributed by atoms with Crippen LogP contribution in [0.2, 0.25) is 0 Å². The molecule has 0 aliphatic heterocycles. The van der Waals surface area contributed by atoms with E-state index in [2.05, 4.69) is 0 Å². The Kier molecular flexibility index (Phi) is 1.96. The minimum absolute atomic E-state index is 0.257. The molecule has 0 spiro atoms. The Labute approximate surface area is 76.2 Å². The molecule has 1 aliphatic carbocycles. The monoisotopic (exact) mass is 181 g/mol. The van der Waals surface area contributed by atoms with Crippen LogP contribution in [0.4, 0.5) is 4.39 Å². The largest absolute Gasteiger partial charge is 0.505 e. The molecule has 1 atom stereocenters. The minimum Gasteiger partial charge on any atom is -0.505 e. The number of hydrogen-bond acceptors (Lipinski definition) is 2. The van der Waals surface area contributed by atoms with Crippen LogP contribution in [0.15, 0.2) is 18.2 Å². The molecule has 0 amide bonds. The van der Waals surface area contributed by atoms with Gasteiger partial charge in [-0.3, -0.25) is 0 Å². The van der Waals surface area contributed by atoms with Gasteiger partial charge in [0.2, 0.25) is 0 Å². The highest BCUT2D eigenvalue weighted by Gasteiger charge is 2.31. The highest BCUT2D eigenvalue weighted by Crippen LogP contribution is 2.40. The molecule has 1 aromatic carbocycles. The van der Waals surface area contributed by atoms with Gasteiger partial charge in [-0.1, -0.05) is 12.1 Å². The second-order valence-electron chi connectivity index (χ2n) is 3.54. The summed E-state index contributed by atoms with van der Waals surface area (Å²) in [6.07, 6.45) is 2.13. The van der Waals surface area contributed by atoms with Gasteiger partial charge in [0.1, 0.15) is 0 Å². The molecule has 1 saturated carbocycles. The Morgan fingerprint density at radius 1 is 1.46 bits per heavy atom. The van der Waals surface area contributed by atoms with Gasteiger partial charge in [-0.2, -0.15) is 0 Å². The first-order valence-electron chi connectivity index (χ1n) is 4.43. The number of nitrogens with two attached hydrogens (primary N) is 1. The van der Waals surface area contributed by atoms with Crippen LogP contribution >= 0.6 is 0 Å². The minimum atomic E-state index is -0.568. The lowest BCUT2D eigenvalue weighted by molar-refractivity contribution is 0.422. The standard InChI is InChI=1S/C10H12FNO/c11-9-7(2-1-3-8(9)13)10(12)6-4-5-6/h1-3,6,10,13H,4-5,12H2/t10-/m1/s1. The van der Waals surface area contributed by atoms with E-state index in [1.165, 1.54) is 6.07 Å². The van der Waals surface area contributed by atoms with Crippen LogP contribution in [0.1, 0.15) is 24.4 Å². The molecule has 2 nitrogen and oxygen atoms in total. The molecule has 70 valence electrons. The number of rotatable bonds is 2. The van der Waals surface area contributed by atoms with E-state index < -0.39 is 5.82 Å². The molecule has 1 fully saturated rings. The van der Waals surface area contributed by atoms with E-state index in [1.807, 2.05) is 0 Å². The summed E-state index contributed by atoms with van der Waals surface area (Å²) < 4.78 is 13.3. The maximum atomic E-state index is 13.3. The summed E-state index contributed by atoms with van der Waals surface area (Å²) in [6, 6.07) is 4.33. The average Bonchev–Trinajstić information content (AvgIpc) is 2.91. The van der Waals surface area contributed by atoms with Gasteiger partial charge >= 0.3 is 0 Å². The molecular formula is C10H12FNO. The fraction of sp³-hybridized carbons (Fsp3) is 0.400. The predicted molar refractivity (Wildman–Crippen MR) is 47.7 cm³/mol. The van der Waals surface area contributed by atoms with Gasteiger partial charge in [-0.05, 0) is 24.8 Å². The molecule has 2 rings (SSSR count). The van der Waals surface area contributed by atoms with E-state index in [0.717, 1.165) is 12.8 Å². The van der Waals surface area contributed by atoms with Gasteiger partial charge < -0.3 is 10.8 Å². The van der Waals surface area contributed by atoms with Crippen LogP contribution in [0, 0.1) is 11.7 Å². The molecule has 0 bridgehead atoms. The number of phenolic OH excluding ortho intramolecular Hbond substituents is 1. The molecule has 0 radical (unpaired) electrons. The Bertz CT molecular complexity index is 323. The fourth-order valence-corrected chi connectivity index (χ4v) is 1.50. The second-order valence-corrected chi connectivity index (χ2v) is 3.54. The molecule has 3 N–H and O–H groups in total. The van der Waals surface area contributed by atoms with Gasteiger partial charge in [0, 0.05) is 11.6 Å². The zero-order chi connectivity index (χ0) is 9.42. The second kappa shape index (κ2) is 3.00. The van der Waals surface area contributed by atoms with Crippen molar-refractivity contribution in [2.45, 2.75) is 18.9 Å². The van der Waals surface area contributed by atoms with Crippen LogP contribution in [0.3, 0.4) is 0 Å². The number of phenols is 1. The highest BCUT2D eigenvalue weighted by atomic mass is 19.1. The van der Waals surface area contributed by atoms with Crippen molar-refractivity contribution in [3.63, 3.8) is 0 Å². The molecule has 13 heavy (non-hydrogen) atoms. The first kappa shape index (κ1) is 8.51. The van der Waals surface area contributed by atoms with Crippen molar-refractivity contribution in [1.82, 2.24) is 0 Å². The van der Waals surface area contributed by atoms with Crippen molar-refractivity contribution in [2.75, 3.05) is 0 Å². The summed E-state index contributed by atoms with van der Waals surface area (Å²) in [5.74, 6) is -0.480. The zero-order valence-electron chi connectivity index (χ0n) is 7.20. The quantitative estimate of drug-likeness (QED) is 0.732. The lowest BCUT2D eigenvalue weighted by Gasteiger charge is -2.11. The van der Waals surface area contributed by atoms with E-state index in [4.69, 9.17) is 10.8 Å². The third-order valence-electron chi connectivity index (χ3n) is 2.50. The van der Waals surface area contributed by atoms with Gasteiger partial charge in [0.25, 0.3) is 0 Å². The van der Waals surface area contributed by atoms with Crippen molar-refractivity contribution in [3.05, 3.63) is 29.6 Å². The van der Waals surface area contributed by atoms with Crippen molar-refractivity contribution in [2.24, 2.45) is 11.7 Å². The van der Waals surface area contributed by atoms with Crippen molar-refractivity contribution < 1.29 is 9.50 Å². The number of benzene rings is 1. The SMILES string of the molecule is N[C@@H](c1cccc(O)c1F)C1CC1. The van der Waals surface area contributed by atoms with Crippen LogP contribution in [0.5, 0.6) is 5.75 Å². The summed E-state index contributed by atoms with van der Waals surface area (Å²) in [7, 11) is 0. The first-order chi connectivity index (χ1) is 6.20. The lowest BCUT2D eigenvalue weighted by atomic mass is 10.0. The Morgan fingerprint density at radius 3 is 2.77 bits per heavy atom. The summed E-state index contributed by atoms with van der Waals surface area (Å²) in [5.41, 5.74) is 6.25. The number of hydrogen-bond donors (Lipinski definition) is 2. The van der Waals surface area contributed by atoms with Crippen molar-refractivity contribution in [1.29, 1.82) is 0 Å². The van der Waals surface area contributed by atoms with E-state index >= 15 is 0 Å². The molecule has 1 aliphatic rings. The van der Waals surface area contributed by atoms with Crippen LogP contribution in [-0.4, -0.2) is 5.11 Å². The molecular weight excluding hydrogens is 169 g/mol. The molecule has 0 aromatic heterocycles. The van der Waals surface area contributed by atoms with Crippen LogP contribution in [0.25, 0.3) is 0 Å².